The summed E-state index contributed by atoms with van der Waals surface area (Å²) in [5.41, 5.74) is 16.1. The van der Waals surface area contributed by atoms with E-state index in [0.717, 1.165) is 69.6 Å². The van der Waals surface area contributed by atoms with Crippen LogP contribution in [-0.2, 0) is 12.8 Å². The lowest BCUT2D eigenvalue weighted by molar-refractivity contribution is 0.415. The third kappa shape index (κ3) is 7.08. The van der Waals surface area contributed by atoms with Crippen molar-refractivity contribution in [3.63, 3.8) is 0 Å². The summed E-state index contributed by atoms with van der Waals surface area (Å²) < 4.78 is 11.9. The van der Waals surface area contributed by atoms with E-state index in [4.69, 9.17) is 9.47 Å². The summed E-state index contributed by atoms with van der Waals surface area (Å²) in [5.74, 6) is 1.72. The highest BCUT2D eigenvalue weighted by molar-refractivity contribution is 5.86. The second kappa shape index (κ2) is 16.2. The van der Waals surface area contributed by atoms with Crippen LogP contribution in [0.5, 0.6) is 11.5 Å². The molecule has 0 amide bonds. The fourth-order valence-electron chi connectivity index (χ4n) is 7.43. The zero-order valence-electron chi connectivity index (χ0n) is 32.1. The normalized spacial score (nSPS) is 10.9. The molecule has 54 heavy (non-hydrogen) atoms. The van der Waals surface area contributed by atoms with E-state index in [-0.39, 0.29) is 0 Å². The van der Waals surface area contributed by atoms with Crippen LogP contribution in [0.2, 0.25) is 0 Å². The Morgan fingerprint density at radius 2 is 0.796 bits per heavy atom. The van der Waals surface area contributed by atoms with Crippen LogP contribution < -0.4 is 19.3 Å². The average molecular weight is 709 g/mol. The molecule has 0 aliphatic carbocycles. The first-order valence-corrected chi connectivity index (χ1v) is 18.8. The zero-order valence-corrected chi connectivity index (χ0v) is 32.1. The molecule has 0 saturated carbocycles. The fraction of sp³-hybridized carbons (Fsp3) is 0.160. The van der Waals surface area contributed by atoms with Crippen molar-refractivity contribution < 1.29 is 9.47 Å². The summed E-state index contributed by atoms with van der Waals surface area (Å²) in [4.78, 5) is 4.67. The second-order valence-corrected chi connectivity index (χ2v) is 13.6. The SMILES string of the molecule is CCc1cccc(OC)c1N(c1ccc(-c2cccc(-c3ccc(N(c4ccccc4C)c4c(CC)cccc4OC)cc3)c2)cc1)c1ccccc1C. The Kier molecular flexibility index (Phi) is 10.8. The first-order valence-electron chi connectivity index (χ1n) is 18.8. The number of ether oxygens (including phenoxy) is 2. The minimum atomic E-state index is 0.858. The quantitative estimate of drug-likeness (QED) is 0.126. The van der Waals surface area contributed by atoms with E-state index < -0.39 is 0 Å². The smallest absolute Gasteiger partial charge is 0.143 e. The molecule has 0 spiro atoms. The molecule has 7 rings (SSSR count). The lowest BCUT2D eigenvalue weighted by Gasteiger charge is -2.30. The van der Waals surface area contributed by atoms with Crippen LogP contribution in [0.3, 0.4) is 0 Å². The molecule has 0 radical (unpaired) electrons. The van der Waals surface area contributed by atoms with Crippen LogP contribution in [0.25, 0.3) is 22.3 Å². The maximum Gasteiger partial charge on any atom is 0.143 e. The summed E-state index contributed by atoms with van der Waals surface area (Å²) in [6, 6.07) is 56.3. The minimum Gasteiger partial charge on any atom is -0.495 e. The molecule has 0 aliphatic rings. The van der Waals surface area contributed by atoms with Gasteiger partial charge in [0.2, 0.25) is 0 Å². The number of para-hydroxylation sites is 4. The number of aryl methyl sites for hydroxylation is 4. The number of hydrogen-bond donors (Lipinski definition) is 0. The van der Waals surface area contributed by atoms with E-state index in [2.05, 4.69) is 183 Å². The Morgan fingerprint density at radius 3 is 1.17 bits per heavy atom. The summed E-state index contributed by atoms with van der Waals surface area (Å²) in [5, 5.41) is 0. The van der Waals surface area contributed by atoms with Gasteiger partial charge in [0.05, 0.1) is 25.6 Å². The number of rotatable bonds is 12. The van der Waals surface area contributed by atoms with Crippen LogP contribution in [0.4, 0.5) is 34.1 Å². The fourth-order valence-corrected chi connectivity index (χ4v) is 7.43. The van der Waals surface area contributed by atoms with Crippen LogP contribution in [0.1, 0.15) is 36.1 Å². The predicted molar refractivity (Wildman–Crippen MR) is 228 cm³/mol. The number of nitrogens with zero attached hydrogens (tertiary/aromatic N) is 2. The zero-order chi connectivity index (χ0) is 37.6. The summed E-state index contributed by atoms with van der Waals surface area (Å²) >= 11 is 0. The van der Waals surface area contributed by atoms with Gasteiger partial charge in [0.1, 0.15) is 11.5 Å². The van der Waals surface area contributed by atoms with Crippen LogP contribution in [0, 0.1) is 13.8 Å². The van der Waals surface area contributed by atoms with Gasteiger partial charge in [0.15, 0.2) is 0 Å². The van der Waals surface area contributed by atoms with Gasteiger partial charge in [-0.3, -0.25) is 0 Å². The predicted octanol–water partition coefficient (Wildman–Crippen LogP) is 13.7. The minimum absolute atomic E-state index is 0.858. The van der Waals surface area contributed by atoms with Crippen LogP contribution in [0.15, 0.2) is 158 Å². The molecule has 0 atom stereocenters. The van der Waals surface area contributed by atoms with E-state index in [0.29, 0.717) is 0 Å². The third-order valence-corrected chi connectivity index (χ3v) is 10.3. The monoisotopic (exact) mass is 708 g/mol. The Labute approximate surface area is 320 Å². The van der Waals surface area contributed by atoms with Crippen LogP contribution in [-0.4, -0.2) is 14.2 Å². The molecular formula is C50H48N2O2. The van der Waals surface area contributed by atoms with Crippen LogP contribution >= 0.6 is 0 Å². The molecule has 4 heteroatoms. The molecule has 0 aliphatic heterocycles. The average Bonchev–Trinajstić information content (AvgIpc) is 3.23. The topological polar surface area (TPSA) is 24.9 Å². The molecular weight excluding hydrogens is 661 g/mol. The van der Waals surface area contributed by atoms with Crippen molar-refractivity contribution in [3.05, 3.63) is 180 Å². The highest BCUT2D eigenvalue weighted by atomic mass is 16.5. The van der Waals surface area contributed by atoms with Gasteiger partial charge in [-0.25, -0.2) is 0 Å². The lowest BCUT2D eigenvalue weighted by Crippen LogP contribution is -2.14. The van der Waals surface area contributed by atoms with Gasteiger partial charge in [-0.1, -0.05) is 117 Å². The number of anilines is 6. The number of methoxy groups -OCH3 is 2. The molecule has 7 aromatic rings. The second-order valence-electron chi connectivity index (χ2n) is 13.6. The first-order chi connectivity index (χ1) is 26.4. The highest BCUT2D eigenvalue weighted by Gasteiger charge is 2.23. The molecule has 0 saturated heterocycles. The molecule has 0 aromatic heterocycles. The maximum atomic E-state index is 5.94. The third-order valence-electron chi connectivity index (χ3n) is 10.3. The van der Waals surface area contributed by atoms with Gasteiger partial charge < -0.3 is 19.3 Å². The van der Waals surface area contributed by atoms with Gasteiger partial charge in [-0.05, 0) is 126 Å². The highest BCUT2D eigenvalue weighted by Crippen LogP contribution is 2.46. The van der Waals surface area contributed by atoms with E-state index in [9.17, 15) is 0 Å². The molecule has 0 N–H and O–H groups in total. The van der Waals surface area contributed by atoms with Crippen molar-refractivity contribution in [2.75, 3.05) is 24.0 Å². The molecule has 0 heterocycles. The van der Waals surface area contributed by atoms with Crippen molar-refractivity contribution in [3.8, 4) is 33.8 Å². The Bertz CT molecular complexity index is 2150. The van der Waals surface area contributed by atoms with E-state index >= 15 is 0 Å². The number of hydrogen-bond acceptors (Lipinski definition) is 4. The van der Waals surface area contributed by atoms with Gasteiger partial charge >= 0.3 is 0 Å². The summed E-state index contributed by atoms with van der Waals surface area (Å²) in [6.07, 6.45) is 1.79. The van der Waals surface area contributed by atoms with Gasteiger partial charge in [0.25, 0.3) is 0 Å². The maximum absolute atomic E-state index is 5.94. The van der Waals surface area contributed by atoms with E-state index in [1.807, 2.05) is 12.1 Å². The van der Waals surface area contributed by atoms with Gasteiger partial charge in [0, 0.05) is 22.7 Å². The van der Waals surface area contributed by atoms with Crippen molar-refractivity contribution >= 4 is 34.1 Å². The Hall–Kier alpha value is -6.26. The Morgan fingerprint density at radius 1 is 0.407 bits per heavy atom. The first kappa shape index (κ1) is 36.1. The van der Waals surface area contributed by atoms with Crippen molar-refractivity contribution in [2.24, 2.45) is 0 Å². The van der Waals surface area contributed by atoms with Gasteiger partial charge in [-0.15, -0.1) is 0 Å². The standard InChI is InChI=1S/C50H48N2O2/c1-7-37-18-14-24-47(53-5)49(37)51(45-22-11-9-16-35(45)3)43-30-26-39(27-31-43)41-20-13-21-42(34-41)40-28-32-44(33-29-40)52(46-23-12-10-17-36(46)4)50-38(8-2)19-15-25-48(50)54-6/h9-34H,7-8H2,1-6H3. The van der Waals surface area contributed by atoms with E-state index in [1.54, 1.807) is 14.2 Å². The summed E-state index contributed by atoms with van der Waals surface area (Å²) in [6.45, 7) is 8.72. The van der Waals surface area contributed by atoms with Crippen molar-refractivity contribution in [1.82, 2.24) is 0 Å². The lowest BCUT2D eigenvalue weighted by atomic mass is 9.98. The Balaban J connectivity index is 1.24. The molecule has 4 nitrogen and oxygen atoms in total. The molecule has 0 bridgehead atoms. The largest absolute Gasteiger partial charge is 0.495 e. The molecule has 270 valence electrons. The van der Waals surface area contributed by atoms with Crippen molar-refractivity contribution in [2.45, 2.75) is 40.5 Å². The summed E-state index contributed by atoms with van der Waals surface area (Å²) in [7, 11) is 3.50. The van der Waals surface area contributed by atoms with Crippen molar-refractivity contribution in [1.29, 1.82) is 0 Å². The molecule has 7 aromatic carbocycles. The molecule has 0 unspecified atom stereocenters. The van der Waals surface area contributed by atoms with E-state index in [1.165, 1.54) is 33.4 Å². The molecule has 0 fully saturated rings. The van der Waals surface area contributed by atoms with Gasteiger partial charge in [-0.2, -0.15) is 0 Å². The number of benzene rings is 7.